The fourth-order valence-corrected chi connectivity index (χ4v) is 4.11. The number of nitrogens with zero attached hydrogens (tertiary/aromatic N) is 3. The molecule has 3 rings (SSSR count). The lowest BCUT2D eigenvalue weighted by Gasteiger charge is -2.19. The zero-order valence-electron chi connectivity index (χ0n) is 15.4. The van der Waals surface area contributed by atoms with Crippen molar-refractivity contribution in [1.82, 2.24) is 20.0 Å². The van der Waals surface area contributed by atoms with E-state index in [1.165, 1.54) is 12.8 Å². The quantitative estimate of drug-likeness (QED) is 0.741. The lowest BCUT2D eigenvalue weighted by molar-refractivity contribution is -0.122. The van der Waals surface area contributed by atoms with Crippen molar-refractivity contribution in [2.24, 2.45) is 24.6 Å². The standard InChI is InChI=1S/C18H29N5O2/c1-11-14(12(2)22(3)21-11)6-7-18(25)20-16-9-23(10-17(19)24)8-15(16)13-4-5-13/h13,15-16H,4-10H2,1-3H3,(H2,19,24)(H,20,25)/t15-,16+/m0/s1. The molecule has 1 saturated carbocycles. The number of carbonyl (C=O) groups excluding carboxylic acids is 2. The van der Waals surface area contributed by atoms with Crippen molar-refractivity contribution in [3.8, 4) is 0 Å². The maximum absolute atomic E-state index is 12.5. The van der Waals surface area contributed by atoms with Crippen LogP contribution in [-0.4, -0.2) is 52.2 Å². The van der Waals surface area contributed by atoms with Gasteiger partial charge in [-0.3, -0.25) is 19.2 Å². The summed E-state index contributed by atoms with van der Waals surface area (Å²) in [4.78, 5) is 25.7. The number of carbonyl (C=O) groups is 2. The Hall–Kier alpha value is -1.89. The van der Waals surface area contributed by atoms with Crippen LogP contribution < -0.4 is 11.1 Å². The smallest absolute Gasteiger partial charge is 0.231 e. The SMILES string of the molecule is Cc1nn(C)c(C)c1CCC(=O)N[C@@H]1CN(CC(N)=O)C[C@H]1C1CC1. The first kappa shape index (κ1) is 17.9. The first-order valence-corrected chi connectivity index (χ1v) is 9.14. The second-order valence-corrected chi connectivity index (χ2v) is 7.61. The predicted octanol–water partition coefficient (Wildman–Crippen LogP) is 0.281. The highest BCUT2D eigenvalue weighted by molar-refractivity contribution is 5.77. The summed E-state index contributed by atoms with van der Waals surface area (Å²) in [6.45, 7) is 5.89. The Kier molecular flexibility index (Phi) is 5.13. The van der Waals surface area contributed by atoms with Gasteiger partial charge >= 0.3 is 0 Å². The Morgan fingerprint density at radius 2 is 2.00 bits per heavy atom. The Balaban J connectivity index is 1.55. The lowest BCUT2D eigenvalue weighted by Crippen LogP contribution is -2.41. The van der Waals surface area contributed by atoms with Gasteiger partial charge in [0.15, 0.2) is 0 Å². The molecule has 2 fully saturated rings. The van der Waals surface area contributed by atoms with Gasteiger partial charge in [-0.25, -0.2) is 0 Å². The molecule has 0 radical (unpaired) electrons. The third-order valence-electron chi connectivity index (χ3n) is 5.66. The molecule has 0 spiro atoms. The number of nitrogens with one attached hydrogen (secondary N) is 1. The average Bonchev–Trinajstić information content (AvgIpc) is 3.24. The fourth-order valence-electron chi connectivity index (χ4n) is 4.11. The summed E-state index contributed by atoms with van der Waals surface area (Å²) >= 11 is 0. The van der Waals surface area contributed by atoms with E-state index in [9.17, 15) is 9.59 Å². The maximum atomic E-state index is 12.5. The first-order chi connectivity index (χ1) is 11.8. The summed E-state index contributed by atoms with van der Waals surface area (Å²) in [6.07, 6.45) is 3.64. The minimum absolute atomic E-state index is 0.0826. The van der Waals surface area contributed by atoms with E-state index < -0.39 is 0 Å². The molecule has 2 amide bonds. The third-order valence-corrected chi connectivity index (χ3v) is 5.66. The molecule has 2 aliphatic rings. The van der Waals surface area contributed by atoms with Crippen LogP contribution in [0.5, 0.6) is 0 Å². The molecule has 1 aliphatic heterocycles. The molecular formula is C18H29N5O2. The van der Waals surface area contributed by atoms with Crippen molar-refractivity contribution in [2.45, 2.75) is 45.6 Å². The largest absolute Gasteiger partial charge is 0.369 e. The van der Waals surface area contributed by atoms with Crippen LogP contribution in [0.1, 0.15) is 36.2 Å². The van der Waals surface area contributed by atoms with Gasteiger partial charge in [-0.05, 0) is 50.5 Å². The Bertz CT molecular complexity index is 665. The van der Waals surface area contributed by atoms with Gasteiger partial charge in [0.1, 0.15) is 0 Å². The van der Waals surface area contributed by atoms with E-state index in [4.69, 9.17) is 5.73 Å². The zero-order valence-corrected chi connectivity index (χ0v) is 15.4. The first-order valence-electron chi connectivity index (χ1n) is 9.14. The summed E-state index contributed by atoms with van der Waals surface area (Å²) in [5.41, 5.74) is 8.61. The summed E-state index contributed by atoms with van der Waals surface area (Å²) in [6, 6.07) is 0.135. The van der Waals surface area contributed by atoms with E-state index in [1.54, 1.807) is 0 Å². The van der Waals surface area contributed by atoms with Crippen molar-refractivity contribution in [2.75, 3.05) is 19.6 Å². The van der Waals surface area contributed by atoms with Gasteiger partial charge in [0.05, 0.1) is 12.2 Å². The van der Waals surface area contributed by atoms with E-state index in [0.717, 1.165) is 30.0 Å². The molecule has 138 valence electrons. The van der Waals surface area contributed by atoms with Gasteiger partial charge in [-0.1, -0.05) is 0 Å². The maximum Gasteiger partial charge on any atom is 0.231 e. The molecular weight excluding hydrogens is 318 g/mol. The monoisotopic (exact) mass is 347 g/mol. The molecule has 0 bridgehead atoms. The molecule has 1 aromatic rings. The van der Waals surface area contributed by atoms with Crippen LogP contribution in [-0.2, 0) is 23.1 Å². The Morgan fingerprint density at radius 3 is 2.56 bits per heavy atom. The van der Waals surface area contributed by atoms with E-state index >= 15 is 0 Å². The molecule has 1 saturated heterocycles. The number of aryl methyl sites for hydroxylation is 2. The van der Waals surface area contributed by atoms with Gasteiger partial charge in [0.2, 0.25) is 11.8 Å². The molecule has 25 heavy (non-hydrogen) atoms. The molecule has 0 unspecified atom stereocenters. The van der Waals surface area contributed by atoms with Gasteiger partial charge < -0.3 is 11.1 Å². The van der Waals surface area contributed by atoms with Crippen LogP contribution in [0.3, 0.4) is 0 Å². The number of likely N-dealkylation sites (tertiary alicyclic amines) is 1. The van der Waals surface area contributed by atoms with Gasteiger partial charge in [0, 0.05) is 38.3 Å². The van der Waals surface area contributed by atoms with E-state index in [2.05, 4.69) is 15.3 Å². The van der Waals surface area contributed by atoms with Gasteiger partial charge in [-0.2, -0.15) is 5.10 Å². The highest BCUT2D eigenvalue weighted by Crippen LogP contribution is 2.41. The number of primary amides is 1. The van der Waals surface area contributed by atoms with E-state index in [-0.39, 0.29) is 24.4 Å². The molecule has 1 aliphatic carbocycles. The topological polar surface area (TPSA) is 93.2 Å². The highest BCUT2D eigenvalue weighted by Gasteiger charge is 2.43. The second-order valence-electron chi connectivity index (χ2n) is 7.61. The van der Waals surface area contributed by atoms with Crippen molar-refractivity contribution in [3.05, 3.63) is 17.0 Å². The summed E-state index contributed by atoms with van der Waals surface area (Å²) < 4.78 is 1.87. The predicted molar refractivity (Wildman–Crippen MR) is 94.8 cm³/mol. The second kappa shape index (κ2) is 7.15. The van der Waals surface area contributed by atoms with E-state index in [0.29, 0.717) is 24.7 Å². The minimum atomic E-state index is -0.302. The minimum Gasteiger partial charge on any atom is -0.369 e. The van der Waals surface area contributed by atoms with Crippen LogP contribution in [0.2, 0.25) is 0 Å². The lowest BCUT2D eigenvalue weighted by atomic mass is 9.98. The van der Waals surface area contributed by atoms with Crippen molar-refractivity contribution < 1.29 is 9.59 Å². The molecule has 2 atom stereocenters. The Labute approximate surface area is 148 Å². The van der Waals surface area contributed by atoms with Gasteiger partial charge in [0.25, 0.3) is 0 Å². The number of amides is 2. The Morgan fingerprint density at radius 1 is 1.28 bits per heavy atom. The van der Waals surface area contributed by atoms with Crippen molar-refractivity contribution in [1.29, 1.82) is 0 Å². The van der Waals surface area contributed by atoms with Crippen LogP contribution in [0, 0.1) is 25.7 Å². The molecule has 2 heterocycles. The fraction of sp³-hybridized carbons (Fsp3) is 0.722. The number of nitrogens with two attached hydrogens (primary N) is 1. The molecule has 7 heteroatoms. The molecule has 1 aromatic heterocycles. The molecule has 0 aromatic carbocycles. The highest BCUT2D eigenvalue weighted by atomic mass is 16.2. The van der Waals surface area contributed by atoms with Crippen LogP contribution in [0.15, 0.2) is 0 Å². The van der Waals surface area contributed by atoms with Crippen LogP contribution in [0.25, 0.3) is 0 Å². The number of hydrogen-bond donors (Lipinski definition) is 2. The number of aromatic nitrogens is 2. The third kappa shape index (κ3) is 4.21. The summed E-state index contributed by atoms with van der Waals surface area (Å²) in [5.74, 6) is 0.916. The van der Waals surface area contributed by atoms with Crippen molar-refractivity contribution >= 4 is 11.8 Å². The van der Waals surface area contributed by atoms with Crippen LogP contribution >= 0.6 is 0 Å². The van der Waals surface area contributed by atoms with E-state index in [1.807, 2.05) is 25.6 Å². The average molecular weight is 347 g/mol. The number of hydrogen-bond acceptors (Lipinski definition) is 4. The summed E-state index contributed by atoms with van der Waals surface area (Å²) in [5, 5.41) is 7.62. The normalized spacial score (nSPS) is 23.8. The van der Waals surface area contributed by atoms with Gasteiger partial charge in [-0.15, -0.1) is 0 Å². The number of rotatable bonds is 7. The molecule has 7 nitrogen and oxygen atoms in total. The summed E-state index contributed by atoms with van der Waals surface area (Å²) in [7, 11) is 1.93. The molecule has 3 N–H and O–H groups in total. The van der Waals surface area contributed by atoms with Crippen molar-refractivity contribution in [3.63, 3.8) is 0 Å². The zero-order chi connectivity index (χ0) is 18.1. The van der Waals surface area contributed by atoms with Crippen LogP contribution in [0.4, 0.5) is 0 Å².